The third kappa shape index (κ3) is 2.67. The SMILES string of the molecule is CCCn1ccnc1C(=O)CCCN. The van der Waals surface area contributed by atoms with Crippen molar-refractivity contribution in [2.45, 2.75) is 32.7 Å². The molecule has 4 nitrogen and oxygen atoms in total. The van der Waals surface area contributed by atoms with Crippen molar-refractivity contribution in [1.82, 2.24) is 9.55 Å². The minimum atomic E-state index is 0.0916. The van der Waals surface area contributed by atoms with Crippen molar-refractivity contribution >= 4 is 5.78 Å². The van der Waals surface area contributed by atoms with Gasteiger partial charge in [-0.05, 0) is 19.4 Å². The summed E-state index contributed by atoms with van der Waals surface area (Å²) in [4.78, 5) is 15.7. The zero-order valence-corrected chi connectivity index (χ0v) is 8.57. The minimum absolute atomic E-state index is 0.0916. The number of nitrogens with zero attached hydrogens (tertiary/aromatic N) is 2. The molecule has 1 rings (SSSR count). The van der Waals surface area contributed by atoms with E-state index in [1.807, 2.05) is 10.8 Å². The van der Waals surface area contributed by atoms with Gasteiger partial charge in [-0.1, -0.05) is 6.92 Å². The summed E-state index contributed by atoms with van der Waals surface area (Å²) in [6, 6.07) is 0. The molecule has 0 atom stereocenters. The Labute approximate surface area is 84.1 Å². The molecule has 0 unspecified atom stereocenters. The van der Waals surface area contributed by atoms with Crippen molar-refractivity contribution in [2.24, 2.45) is 5.73 Å². The summed E-state index contributed by atoms with van der Waals surface area (Å²) in [5.74, 6) is 0.661. The van der Waals surface area contributed by atoms with Crippen LogP contribution >= 0.6 is 0 Å². The van der Waals surface area contributed by atoms with Crippen LogP contribution in [0.1, 0.15) is 36.8 Å². The molecule has 0 spiro atoms. The number of aromatic nitrogens is 2. The molecule has 2 N–H and O–H groups in total. The van der Waals surface area contributed by atoms with Crippen LogP contribution in [-0.2, 0) is 6.54 Å². The highest BCUT2D eigenvalue weighted by atomic mass is 16.1. The first kappa shape index (κ1) is 10.9. The van der Waals surface area contributed by atoms with E-state index in [0.717, 1.165) is 19.4 Å². The van der Waals surface area contributed by atoms with Gasteiger partial charge in [-0.3, -0.25) is 4.79 Å². The fourth-order valence-electron chi connectivity index (χ4n) is 1.36. The topological polar surface area (TPSA) is 60.9 Å². The molecule has 78 valence electrons. The molecule has 0 fully saturated rings. The van der Waals surface area contributed by atoms with Crippen molar-refractivity contribution in [3.05, 3.63) is 18.2 Å². The maximum atomic E-state index is 11.6. The van der Waals surface area contributed by atoms with Crippen LogP contribution in [0.4, 0.5) is 0 Å². The first-order chi connectivity index (χ1) is 6.79. The highest BCUT2D eigenvalue weighted by Crippen LogP contribution is 2.04. The number of hydrogen-bond acceptors (Lipinski definition) is 3. The first-order valence-corrected chi connectivity index (χ1v) is 5.04. The van der Waals surface area contributed by atoms with Gasteiger partial charge in [0, 0.05) is 25.4 Å². The van der Waals surface area contributed by atoms with Gasteiger partial charge in [0.05, 0.1) is 0 Å². The summed E-state index contributed by atoms with van der Waals surface area (Å²) in [6.45, 7) is 3.48. The maximum absolute atomic E-state index is 11.6. The standard InChI is InChI=1S/C10H17N3O/c1-2-7-13-8-6-12-10(13)9(14)4-3-5-11/h6,8H,2-5,7,11H2,1H3. The Morgan fingerprint density at radius 3 is 3.07 bits per heavy atom. The molecule has 1 aromatic rings. The van der Waals surface area contributed by atoms with Gasteiger partial charge in [0.2, 0.25) is 0 Å². The normalized spacial score (nSPS) is 10.4. The van der Waals surface area contributed by atoms with Crippen molar-refractivity contribution in [1.29, 1.82) is 0 Å². The lowest BCUT2D eigenvalue weighted by Gasteiger charge is -2.04. The fraction of sp³-hybridized carbons (Fsp3) is 0.600. The summed E-state index contributed by atoms with van der Waals surface area (Å²) >= 11 is 0. The van der Waals surface area contributed by atoms with Crippen molar-refractivity contribution in [2.75, 3.05) is 6.54 Å². The van der Waals surface area contributed by atoms with E-state index in [1.165, 1.54) is 0 Å². The number of carbonyl (C=O) groups excluding carboxylic acids is 1. The Morgan fingerprint density at radius 1 is 1.64 bits per heavy atom. The number of carbonyl (C=O) groups is 1. The van der Waals surface area contributed by atoms with Crippen LogP contribution in [0, 0.1) is 0 Å². The third-order valence-corrected chi connectivity index (χ3v) is 2.04. The maximum Gasteiger partial charge on any atom is 0.198 e. The van der Waals surface area contributed by atoms with Crippen LogP contribution in [0.15, 0.2) is 12.4 Å². The summed E-state index contributed by atoms with van der Waals surface area (Å²) in [5, 5.41) is 0. The zero-order valence-electron chi connectivity index (χ0n) is 8.57. The van der Waals surface area contributed by atoms with Gasteiger partial charge in [-0.15, -0.1) is 0 Å². The average Bonchev–Trinajstić information content (AvgIpc) is 2.63. The van der Waals surface area contributed by atoms with Gasteiger partial charge < -0.3 is 10.3 Å². The molecular weight excluding hydrogens is 178 g/mol. The molecule has 0 aromatic carbocycles. The molecule has 0 saturated heterocycles. The number of rotatable bonds is 6. The number of ketones is 1. The van der Waals surface area contributed by atoms with E-state index < -0.39 is 0 Å². The van der Waals surface area contributed by atoms with E-state index in [2.05, 4.69) is 11.9 Å². The van der Waals surface area contributed by atoms with Crippen LogP contribution in [-0.4, -0.2) is 21.9 Å². The number of aryl methyl sites for hydroxylation is 1. The van der Waals surface area contributed by atoms with Gasteiger partial charge in [-0.25, -0.2) is 4.98 Å². The summed E-state index contributed by atoms with van der Waals surface area (Å²) in [6.07, 6.45) is 5.76. The van der Waals surface area contributed by atoms with Gasteiger partial charge in [-0.2, -0.15) is 0 Å². The molecule has 0 aliphatic heterocycles. The van der Waals surface area contributed by atoms with E-state index >= 15 is 0 Å². The molecule has 0 radical (unpaired) electrons. The lowest BCUT2D eigenvalue weighted by Crippen LogP contribution is -2.11. The van der Waals surface area contributed by atoms with E-state index in [-0.39, 0.29) is 5.78 Å². The quantitative estimate of drug-likeness (QED) is 0.694. The predicted octanol–water partition coefficient (Wildman–Crippen LogP) is 1.21. The molecule has 0 aliphatic carbocycles. The summed E-state index contributed by atoms with van der Waals surface area (Å²) < 4.78 is 1.90. The molecule has 0 bridgehead atoms. The second-order valence-corrected chi connectivity index (χ2v) is 3.26. The number of hydrogen-bond donors (Lipinski definition) is 1. The molecule has 1 heterocycles. The zero-order chi connectivity index (χ0) is 10.4. The Hall–Kier alpha value is -1.16. The van der Waals surface area contributed by atoms with Crippen LogP contribution in [0.2, 0.25) is 0 Å². The number of imidazole rings is 1. The molecule has 1 aromatic heterocycles. The van der Waals surface area contributed by atoms with Gasteiger partial charge in [0.1, 0.15) is 0 Å². The second kappa shape index (κ2) is 5.54. The smallest absolute Gasteiger partial charge is 0.198 e. The van der Waals surface area contributed by atoms with Crippen LogP contribution in [0.25, 0.3) is 0 Å². The van der Waals surface area contributed by atoms with E-state index in [1.54, 1.807) is 6.20 Å². The Balaban J connectivity index is 2.63. The molecule has 0 aliphatic rings. The summed E-state index contributed by atoms with van der Waals surface area (Å²) in [5.41, 5.74) is 5.35. The lowest BCUT2D eigenvalue weighted by molar-refractivity contribution is 0.0966. The van der Waals surface area contributed by atoms with Crippen LogP contribution in [0.3, 0.4) is 0 Å². The highest BCUT2D eigenvalue weighted by molar-refractivity contribution is 5.92. The number of Topliss-reactive ketones (excluding diaryl/α,β-unsaturated/α-hetero) is 1. The van der Waals surface area contributed by atoms with Crippen LogP contribution < -0.4 is 5.73 Å². The monoisotopic (exact) mass is 195 g/mol. The van der Waals surface area contributed by atoms with E-state index in [0.29, 0.717) is 18.8 Å². The molecule has 0 amide bonds. The molecule has 14 heavy (non-hydrogen) atoms. The molecule has 0 saturated carbocycles. The second-order valence-electron chi connectivity index (χ2n) is 3.26. The predicted molar refractivity (Wildman–Crippen MR) is 55.1 cm³/mol. The van der Waals surface area contributed by atoms with Crippen molar-refractivity contribution in [3.8, 4) is 0 Å². The third-order valence-electron chi connectivity index (χ3n) is 2.04. The number of nitrogens with two attached hydrogens (primary N) is 1. The van der Waals surface area contributed by atoms with Gasteiger partial charge in [0.15, 0.2) is 11.6 Å². The van der Waals surface area contributed by atoms with E-state index in [4.69, 9.17) is 5.73 Å². The average molecular weight is 195 g/mol. The lowest BCUT2D eigenvalue weighted by atomic mass is 10.2. The fourth-order valence-corrected chi connectivity index (χ4v) is 1.36. The molecule has 4 heteroatoms. The largest absolute Gasteiger partial charge is 0.330 e. The van der Waals surface area contributed by atoms with Gasteiger partial charge in [0.25, 0.3) is 0 Å². The Bertz CT molecular complexity index is 293. The van der Waals surface area contributed by atoms with Gasteiger partial charge >= 0.3 is 0 Å². The van der Waals surface area contributed by atoms with Crippen LogP contribution in [0.5, 0.6) is 0 Å². The minimum Gasteiger partial charge on any atom is -0.330 e. The Kier molecular flexibility index (Phi) is 4.32. The highest BCUT2D eigenvalue weighted by Gasteiger charge is 2.10. The first-order valence-electron chi connectivity index (χ1n) is 5.04. The Morgan fingerprint density at radius 2 is 2.43 bits per heavy atom. The van der Waals surface area contributed by atoms with Crippen molar-refractivity contribution in [3.63, 3.8) is 0 Å². The molecular formula is C10H17N3O. The summed E-state index contributed by atoms with van der Waals surface area (Å²) in [7, 11) is 0. The van der Waals surface area contributed by atoms with E-state index in [9.17, 15) is 4.79 Å². The van der Waals surface area contributed by atoms with Crippen molar-refractivity contribution < 1.29 is 4.79 Å².